The zero-order valence-electron chi connectivity index (χ0n) is 8.43. The molecule has 0 saturated carbocycles. The summed E-state index contributed by atoms with van der Waals surface area (Å²) in [5, 5.41) is 8.26. The Morgan fingerprint density at radius 2 is 2.38 bits per heavy atom. The molecule has 16 heavy (non-hydrogen) atoms. The first-order chi connectivity index (χ1) is 7.63. The number of aromatic nitrogens is 1. The summed E-state index contributed by atoms with van der Waals surface area (Å²) in [7, 11) is 0. The molecule has 0 fully saturated rings. The van der Waals surface area contributed by atoms with Gasteiger partial charge in [-0.1, -0.05) is 0 Å². The number of ether oxygens (including phenoxy) is 1. The lowest BCUT2D eigenvalue weighted by atomic mass is 10.5. The second-order valence-electron chi connectivity index (χ2n) is 2.54. The number of hydrogen-bond acceptors (Lipinski definition) is 7. The molecule has 0 bridgehead atoms. The van der Waals surface area contributed by atoms with Gasteiger partial charge >= 0.3 is 18.0 Å². The Balaban J connectivity index is 2.45. The highest BCUT2D eigenvalue weighted by atomic mass is 16.7. The number of oxazole rings is 1. The SMILES string of the molecule is CCOC(=O)c1coc(NOCC(=O)O)n1. The average molecular weight is 230 g/mol. The number of aliphatic carboxylic acids is 1. The van der Waals surface area contributed by atoms with Crippen LogP contribution in [0.25, 0.3) is 0 Å². The quantitative estimate of drug-likeness (QED) is 0.529. The largest absolute Gasteiger partial charge is 0.479 e. The van der Waals surface area contributed by atoms with Gasteiger partial charge in [-0.05, 0) is 6.92 Å². The highest BCUT2D eigenvalue weighted by molar-refractivity contribution is 5.87. The van der Waals surface area contributed by atoms with E-state index in [0.29, 0.717) is 0 Å². The number of rotatable bonds is 6. The molecule has 0 unspecified atom stereocenters. The van der Waals surface area contributed by atoms with Crippen molar-refractivity contribution in [1.29, 1.82) is 0 Å². The third kappa shape index (κ3) is 3.58. The fraction of sp³-hybridized carbons (Fsp3) is 0.375. The Kier molecular flexibility index (Phi) is 4.28. The number of carboxylic acid groups (broad SMARTS) is 1. The number of carboxylic acids is 1. The molecule has 0 aliphatic rings. The molecule has 0 amide bonds. The zero-order valence-corrected chi connectivity index (χ0v) is 8.43. The van der Waals surface area contributed by atoms with Crippen molar-refractivity contribution in [2.24, 2.45) is 0 Å². The number of hydrogen-bond donors (Lipinski definition) is 2. The summed E-state index contributed by atoms with van der Waals surface area (Å²) in [6.07, 6.45) is 1.07. The van der Waals surface area contributed by atoms with E-state index >= 15 is 0 Å². The van der Waals surface area contributed by atoms with Crippen LogP contribution in [0.1, 0.15) is 17.4 Å². The smallest absolute Gasteiger partial charge is 0.360 e. The third-order valence-electron chi connectivity index (χ3n) is 1.34. The molecule has 0 aliphatic heterocycles. The van der Waals surface area contributed by atoms with Gasteiger partial charge in [0.2, 0.25) is 0 Å². The molecule has 0 spiro atoms. The van der Waals surface area contributed by atoms with Crippen molar-refractivity contribution in [3.8, 4) is 0 Å². The molecule has 0 aromatic carbocycles. The number of nitrogens with zero attached hydrogens (tertiary/aromatic N) is 1. The van der Waals surface area contributed by atoms with Crippen molar-refractivity contribution in [3.63, 3.8) is 0 Å². The predicted molar refractivity (Wildman–Crippen MR) is 49.7 cm³/mol. The van der Waals surface area contributed by atoms with Crippen LogP contribution in [0.15, 0.2) is 10.7 Å². The van der Waals surface area contributed by atoms with Gasteiger partial charge < -0.3 is 14.3 Å². The number of carbonyl (C=O) groups excluding carboxylic acids is 1. The Morgan fingerprint density at radius 3 is 3.00 bits per heavy atom. The van der Waals surface area contributed by atoms with Crippen molar-refractivity contribution in [2.45, 2.75) is 6.92 Å². The minimum Gasteiger partial charge on any atom is -0.479 e. The molecule has 0 aliphatic carbocycles. The van der Waals surface area contributed by atoms with Crippen molar-refractivity contribution in [1.82, 2.24) is 4.98 Å². The first-order valence-corrected chi connectivity index (χ1v) is 4.35. The lowest BCUT2D eigenvalue weighted by Gasteiger charge is -1.98. The molecular formula is C8H10N2O6. The summed E-state index contributed by atoms with van der Waals surface area (Å²) in [5.41, 5.74) is 2.10. The van der Waals surface area contributed by atoms with Crippen LogP contribution in [0.3, 0.4) is 0 Å². The summed E-state index contributed by atoms with van der Waals surface area (Å²) < 4.78 is 9.43. The van der Waals surface area contributed by atoms with Crippen LogP contribution < -0.4 is 5.48 Å². The number of carbonyl (C=O) groups is 2. The van der Waals surface area contributed by atoms with Crippen LogP contribution in [0.2, 0.25) is 0 Å². The molecule has 1 aromatic rings. The van der Waals surface area contributed by atoms with Crippen LogP contribution in [0.5, 0.6) is 0 Å². The van der Waals surface area contributed by atoms with E-state index in [1.807, 2.05) is 0 Å². The maximum atomic E-state index is 11.1. The van der Waals surface area contributed by atoms with E-state index in [1.54, 1.807) is 6.92 Å². The Hall–Kier alpha value is -2.09. The highest BCUT2D eigenvalue weighted by Gasteiger charge is 2.13. The number of esters is 1. The molecule has 88 valence electrons. The van der Waals surface area contributed by atoms with Gasteiger partial charge in [-0.3, -0.25) is 4.84 Å². The summed E-state index contributed by atoms with van der Waals surface area (Å²) in [6.45, 7) is 1.33. The maximum Gasteiger partial charge on any atom is 0.360 e. The van der Waals surface area contributed by atoms with Gasteiger partial charge in [0.1, 0.15) is 6.26 Å². The fourth-order valence-corrected chi connectivity index (χ4v) is 0.779. The molecule has 8 nitrogen and oxygen atoms in total. The molecule has 0 saturated heterocycles. The summed E-state index contributed by atoms with van der Waals surface area (Å²) in [6, 6.07) is -0.121. The molecule has 1 rings (SSSR count). The van der Waals surface area contributed by atoms with E-state index in [9.17, 15) is 9.59 Å². The molecule has 8 heteroatoms. The summed E-state index contributed by atoms with van der Waals surface area (Å²) >= 11 is 0. The second kappa shape index (κ2) is 5.71. The van der Waals surface area contributed by atoms with Gasteiger partial charge in [-0.25, -0.2) is 15.1 Å². The van der Waals surface area contributed by atoms with Crippen LogP contribution in [0, 0.1) is 0 Å². The number of anilines is 1. The zero-order chi connectivity index (χ0) is 12.0. The van der Waals surface area contributed by atoms with E-state index < -0.39 is 18.5 Å². The molecule has 0 atom stereocenters. The highest BCUT2D eigenvalue weighted by Crippen LogP contribution is 2.08. The minimum absolute atomic E-state index is 0.0247. The van der Waals surface area contributed by atoms with E-state index in [4.69, 9.17) is 9.52 Å². The van der Waals surface area contributed by atoms with Gasteiger partial charge in [-0.15, -0.1) is 0 Å². The van der Waals surface area contributed by atoms with E-state index in [2.05, 4.69) is 20.0 Å². The van der Waals surface area contributed by atoms with Gasteiger partial charge in [-0.2, -0.15) is 4.98 Å². The van der Waals surface area contributed by atoms with E-state index in [0.717, 1.165) is 6.26 Å². The van der Waals surface area contributed by atoms with Crippen LogP contribution in [-0.4, -0.2) is 35.2 Å². The standard InChI is InChI=1S/C8H10N2O6/c1-2-14-7(13)5-3-15-8(9-5)10-16-4-6(11)12/h3H,2,4H2,1H3,(H,9,10)(H,11,12). The Morgan fingerprint density at radius 1 is 1.62 bits per heavy atom. The first kappa shape index (κ1) is 12.0. The van der Waals surface area contributed by atoms with Crippen molar-refractivity contribution < 1.29 is 28.7 Å². The summed E-state index contributed by atoms with van der Waals surface area (Å²) in [5.74, 6) is -1.78. The molecular weight excluding hydrogens is 220 g/mol. The molecule has 0 radical (unpaired) electrons. The average Bonchev–Trinajstić information content (AvgIpc) is 2.66. The fourth-order valence-electron chi connectivity index (χ4n) is 0.779. The minimum atomic E-state index is -1.15. The van der Waals surface area contributed by atoms with Gasteiger partial charge in [0.05, 0.1) is 6.61 Å². The maximum absolute atomic E-state index is 11.1. The summed E-state index contributed by atoms with van der Waals surface area (Å²) in [4.78, 5) is 29.4. The van der Waals surface area contributed by atoms with Gasteiger partial charge in [0, 0.05) is 0 Å². The van der Waals surface area contributed by atoms with Crippen molar-refractivity contribution >= 4 is 18.0 Å². The van der Waals surface area contributed by atoms with E-state index in [1.165, 1.54) is 0 Å². The Bertz CT molecular complexity index is 374. The predicted octanol–water partition coefficient (Wildman–Crippen LogP) is 0.279. The van der Waals surface area contributed by atoms with Gasteiger partial charge in [0.15, 0.2) is 12.3 Å². The van der Waals surface area contributed by atoms with Crippen molar-refractivity contribution in [3.05, 3.63) is 12.0 Å². The van der Waals surface area contributed by atoms with Crippen LogP contribution in [0.4, 0.5) is 6.01 Å². The van der Waals surface area contributed by atoms with Crippen molar-refractivity contribution in [2.75, 3.05) is 18.7 Å². The second-order valence-corrected chi connectivity index (χ2v) is 2.54. The topological polar surface area (TPSA) is 111 Å². The van der Waals surface area contributed by atoms with E-state index in [-0.39, 0.29) is 18.3 Å². The molecule has 2 N–H and O–H groups in total. The lowest BCUT2D eigenvalue weighted by molar-refractivity contribution is -0.141. The number of nitrogens with one attached hydrogen (secondary N) is 1. The Labute approximate surface area is 90.1 Å². The van der Waals surface area contributed by atoms with Crippen LogP contribution >= 0.6 is 0 Å². The third-order valence-corrected chi connectivity index (χ3v) is 1.34. The lowest BCUT2D eigenvalue weighted by Crippen LogP contribution is -2.11. The monoisotopic (exact) mass is 230 g/mol. The molecule has 1 heterocycles. The van der Waals surface area contributed by atoms with Gasteiger partial charge in [0.25, 0.3) is 0 Å². The first-order valence-electron chi connectivity index (χ1n) is 4.35. The normalized spacial score (nSPS) is 9.81. The van der Waals surface area contributed by atoms with Crippen LogP contribution in [-0.2, 0) is 14.4 Å². The molecule has 1 aromatic heterocycles.